The molecular formula is C23H34BrN. The van der Waals surface area contributed by atoms with Crippen molar-refractivity contribution in [1.82, 2.24) is 0 Å². The van der Waals surface area contributed by atoms with Gasteiger partial charge in [-0.3, -0.25) is 0 Å². The molecule has 138 valence electrons. The average Bonchev–Trinajstić information content (AvgIpc) is 2.64. The van der Waals surface area contributed by atoms with Gasteiger partial charge in [-0.25, -0.2) is 4.57 Å². The molecule has 0 radical (unpaired) electrons. The van der Waals surface area contributed by atoms with Gasteiger partial charge in [-0.1, -0.05) is 88.6 Å². The lowest BCUT2D eigenvalue weighted by Crippen LogP contribution is -3.00. The zero-order valence-corrected chi connectivity index (χ0v) is 17.4. The molecule has 0 aliphatic heterocycles. The highest BCUT2D eigenvalue weighted by atomic mass is 79.9. The third-order valence-corrected chi connectivity index (χ3v) is 4.74. The number of benzene rings is 1. The second-order valence-electron chi connectivity index (χ2n) is 6.88. The largest absolute Gasteiger partial charge is 1.00 e. The second kappa shape index (κ2) is 14.1. The lowest BCUT2D eigenvalue weighted by atomic mass is 10.1. The van der Waals surface area contributed by atoms with E-state index in [0.29, 0.717) is 0 Å². The molecule has 0 bridgehead atoms. The Labute approximate surface area is 165 Å². The van der Waals surface area contributed by atoms with Crippen LogP contribution in [0.25, 0.3) is 11.1 Å². The summed E-state index contributed by atoms with van der Waals surface area (Å²) in [6.45, 7) is 3.42. The van der Waals surface area contributed by atoms with Crippen LogP contribution in [0.3, 0.4) is 0 Å². The quantitative estimate of drug-likeness (QED) is 0.376. The Bertz CT molecular complexity index is 553. The third kappa shape index (κ3) is 9.21. The SMILES string of the molecule is CCCCCCCCCCCC[n+]1cccc(-c2ccccc2)c1.[Br-]. The van der Waals surface area contributed by atoms with Crippen LogP contribution in [-0.4, -0.2) is 0 Å². The summed E-state index contributed by atoms with van der Waals surface area (Å²) >= 11 is 0. The molecule has 0 aliphatic rings. The molecule has 0 N–H and O–H groups in total. The van der Waals surface area contributed by atoms with Gasteiger partial charge in [-0.2, -0.15) is 0 Å². The highest BCUT2D eigenvalue weighted by molar-refractivity contribution is 5.61. The maximum atomic E-state index is 2.34. The molecule has 1 nitrogen and oxygen atoms in total. The highest BCUT2D eigenvalue weighted by Crippen LogP contribution is 2.16. The lowest BCUT2D eigenvalue weighted by Gasteiger charge is -2.03. The van der Waals surface area contributed by atoms with Crippen LogP contribution < -0.4 is 21.5 Å². The van der Waals surface area contributed by atoms with E-state index >= 15 is 0 Å². The smallest absolute Gasteiger partial charge is 0.176 e. The summed E-state index contributed by atoms with van der Waals surface area (Å²) in [6, 6.07) is 15.0. The van der Waals surface area contributed by atoms with Crippen molar-refractivity contribution in [3.05, 3.63) is 54.9 Å². The Morgan fingerprint density at radius 1 is 0.640 bits per heavy atom. The van der Waals surface area contributed by atoms with E-state index in [2.05, 4.69) is 66.3 Å². The fourth-order valence-electron chi connectivity index (χ4n) is 3.24. The molecular weight excluding hydrogens is 370 g/mol. The van der Waals surface area contributed by atoms with Crippen LogP contribution in [0.4, 0.5) is 0 Å². The van der Waals surface area contributed by atoms with Crippen molar-refractivity contribution in [2.24, 2.45) is 0 Å². The van der Waals surface area contributed by atoms with Crippen LogP contribution in [0.15, 0.2) is 54.9 Å². The number of halogens is 1. The number of unbranched alkanes of at least 4 members (excludes halogenated alkanes) is 9. The standard InChI is InChI=1S/C23H34N.BrH/c1-2-3-4-5-6-7-8-9-10-14-19-24-20-15-18-23(21-24)22-16-12-11-13-17-22;/h11-13,15-18,20-21H,2-10,14,19H2,1H3;1H/q+1;/p-1. The van der Waals surface area contributed by atoms with Crippen molar-refractivity contribution < 1.29 is 21.5 Å². The Kier molecular flexibility index (Phi) is 12.3. The Hall–Kier alpha value is -1.15. The molecule has 2 heteroatoms. The van der Waals surface area contributed by atoms with Gasteiger partial charge in [0.25, 0.3) is 0 Å². The van der Waals surface area contributed by atoms with E-state index in [0.717, 1.165) is 6.54 Å². The number of rotatable bonds is 12. The maximum Gasteiger partial charge on any atom is 0.176 e. The minimum atomic E-state index is 0. The summed E-state index contributed by atoms with van der Waals surface area (Å²) in [5.41, 5.74) is 2.61. The van der Waals surface area contributed by atoms with E-state index in [1.807, 2.05) is 0 Å². The second-order valence-corrected chi connectivity index (χ2v) is 6.88. The topological polar surface area (TPSA) is 3.88 Å². The van der Waals surface area contributed by atoms with Gasteiger partial charge in [0.05, 0.1) is 0 Å². The summed E-state index contributed by atoms with van der Waals surface area (Å²) in [7, 11) is 0. The number of aryl methyl sites for hydroxylation is 1. The number of pyridine rings is 1. The highest BCUT2D eigenvalue weighted by Gasteiger charge is 2.04. The molecule has 0 amide bonds. The van der Waals surface area contributed by atoms with Gasteiger partial charge in [-0.15, -0.1) is 0 Å². The molecule has 0 saturated heterocycles. The van der Waals surface area contributed by atoms with Gasteiger partial charge in [0.15, 0.2) is 12.4 Å². The van der Waals surface area contributed by atoms with E-state index in [1.54, 1.807) is 0 Å². The van der Waals surface area contributed by atoms with Gasteiger partial charge in [0.1, 0.15) is 6.54 Å². The molecule has 1 heterocycles. The molecule has 0 atom stereocenters. The lowest BCUT2D eigenvalue weighted by molar-refractivity contribution is -0.696. The molecule has 2 rings (SSSR count). The molecule has 0 spiro atoms. The maximum absolute atomic E-state index is 2.34. The molecule has 0 unspecified atom stereocenters. The predicted molar refractivity (Wildman–Crippen MR) is 104 cm³/mol. The van der Waals surface area contributed by atoms with Crippen LogP contribution in [0.2, 0.25) is 0 Å². The third-order valence-electron chi connectivity index (χ3n) is 4.74. The first-order valence-electron chi connectivity index (χ1n) is 9.94. The summed E-state index contributed by atoms with van der Waals surface area (Å²) in [5.74, 6) is 0. The van der Waals surface area contributed by atoms with Gasteiger partial charge in [-0.05, 0) is 18.1 Å². The first-order chi connectivity index (χ1) is 11.9. The number of hydrogen-bond acceptors (Lipinski definition) is 0. The van der Waals surface area contributed by atoms with Gasteiger partial charge in [0, 0.05) is 18.1 Å². The predicted octanol–water partition coefficient (Wildman–Crippen LogP) is 3.57. The number of hydrogen-bond donors (Lipinski definition) is 0. The summed E-state index contributed by atoms with van der Waals surface area (Å²) < 4.78 is 2.34. The monoisotopic (exact) mass is 403 g/mol. The fraction of sp³-hybridized carbons (Fsp3) is 0.522. The van der Waals surface area contributed by atoms with Crippen molar-refractivity contribution in [1.29, 1.82) is 0 Å². The number of aromatic nitrogens is 1. The molecule has 2 aromatic rings. The van der Waals surface area contributed by atoms with Gasteiger partial charge in [0.2, 0.25) is 0 Å². The van der Waals surface area contributed by atoms with E-state index in [4.69, 9.17) is 0 Å². The molecule has 25 heavy (non-hydrogen) atoms. The van der Waals surface area contributed by atoms with Crippen molar-refractivity contribution in [2.75, 3.05) is 0 Å². The van der Waals surface area contributed by atoms with Crippen molar-refractivity contribution in [2.45, 2.75) is 77.7 Å². The van der Waals surface area contributed by atoms with Gasteiger partial charge >= 0.3 is 0 Å². The van der Waals surface area contributed by atoms with Crippen LogP contribution >= 0.6 is 0 Å². The normalized spacial score (nSPS) is 10.4. The fourth-order valence-corrected chi connectivity index (χ4v) is 3.24. The van der Waals surface area contributed by atoms with Crippen LogP contribution in [0.1, 0.15) is 71.1 Å². The van der Waals surface area contributed by atoms with Crippen molar-refractivity contribution in [3.63, 3.8) is 0 Å². The Morgan fingerprint density at radius 2 is 1.20 bits per heavy atom. The number of nitrogens with zero attached hydrogens (tertiary/aromatic N) is 1. The summed E-state index contributed by atoms with van der Waals surface area (Å²) in [4.78, 5) is 0. The zero-order chi connectivity index (χ0) is 16.9. The molecule has 1 aromatic carbocycles. The van der Waals surface area contributed by atoms with Crippen LogP contribution in [0.5, 0.6) is 0 Å². The summed E-state index contributed by atoms with van der Waals surface area (Å²) in [5, 5.41) is 0. The molecule has 0 saturated carbocycles. The first kappa shape index (κ1) is 21.9. The van der Waals surface area contributed by atoms with E-state index in [-0.39, 0.29) is 17.0 Å². The van der Waals surface area contributed by atoms with Crippen LogP contribution in [0, 0.1) is 0 Å². The Morgan fingerprint density at radius 3 is 1.84 bits per heavy atom. The van der Waals surface area contributed by atoms with E-state index < -0.39 is 0 Å². The zero-order valence-electron chi connectivity index (χ0n) is 15.8. The van der Waals surface area contributed by atoms with Crippen molar-refractivity contribution in [3.8, 4) is 11.1 Å². The van der Waals surface area contributed by atoms with Crippen molar-refractivity contribution >= 4 is 0 Å². The molecule has 1 aromatic heterocycles. The minimum Gasteiger partial charge on any atom is -1.00 e. The average molecular weight is 404 g/mol. The molecule has 0 fully saturated rings. The summed E-state index contributed by atoms with van der Waals surface area (Å²) in [6.07, 6.45) is 18.4. The minimum absolute atomic E-state index is 0. The van der Waals surface area contributed by atoms with E-state index in [9.17, 15) is 0 Å². The first-order valence-corrected chi connectivity index (χ1v) is 9.94. The Balaban J connectivity index is 0.00000312. The van der Waals surface area contributed by atoms with E-state index in [1.165, 1.54) is 75.3 Å². The molecule has 0 aliphatic carbocycles. The van der Waals surface area contributed by atoms with Crippen LogP contribution in [-0.2, 0) is 6.54 Å². The van der Waals surface area contributed by atoms with Gasteiger partial charge < -0.3 is 17.0 Å².